The molecule has 9 heteroatoms. The molecular weight excluding hydrogens is 360 g/mol. The number of aliphatic hydroxyl groups excluding tert-OH is 1. The van der Waals surface area contributed by atoms with Crippen molar-refractivity contribution in [2.75, 3.05) is 19.4 Å². The molecule has 0 saturated heterocycles. The second kappa shape index (κ2) is 9.39. The van der Waals surface area contributed by atoms with Crippen LogP contribution in [0.3, 0.4) is 0 Å². The molecule has 140 valence electrons. The van der Waals surface area contributed by atoms with Crippen LogP contribution in [0.15, 0.2) is 0 Å². The summed E-state index contributed by atoms with van der Waals surface area (Å²) in [5, 5.41) is 8.84. The normalized spacial score (nSPS) is 16.4. The molecule has 0 aromatic heterocycles. The third kappa shape index (κ3) is 13.6. The molecule has 0 aliphatic rings. The van der Waals surface area contributed by atoms with Crippen LogP contribution in [-0.4, -0.2) is 58.3 Å². The van der Waals surface area contributed by atoms with Gasteiger partial charge in [0.15, 0.2) is 16.6 Å². The van der Waals surface area contributed by atoms with Crippen LogP contribution in [0.5, 0.6) is 0 Å². The highest BCUT2D eigenvalue weighted by Crippen LogP contribution is 2.24. The predicted molar refractivity (Wildman–Crippen MR) is 106 cm³/mol. The molecule has 5 nitrogen and oxygen atoms in total. The maximum Gasteiger partial charge on any atom is 0.342 e. The first-order valence-corrected chi connectivity index (χ1v) is 20.6. The fourth-order valence-corrected chi connectivity index (χ4v) is 19.9. The molecule has 1 unspecified atom stereocenters. The molecule has 0 aliphatic heterocycles. The van der Waals surface area contributed by atoms with Crippen molar-refractivity contribution in [2.45, 2.75) is 71.8 Å². The Bertz CT molecular complexity index is 341. The highest BCUT2D eigenvalue weighted by molar-refractivity contribution is 6.89. The third-order valence-electron chi connectivity index (χ3n) is 2.60. The molecule has 0 aliphatic carbocycles. The van der Waals surface area contributed by atoms with Gasteiger partial charge in [0.2, 0.25) is 0 Å². The van der Waals surface area contributed by atoms with E-state index in [1.165, 1.54) is 0 Å². The van der Waals surface area contributed by atoms with E-state index in [9.17, 15) is 0 Å². The summed E-state index contributed by atoms with van der Waals surface area (Å²) in [6, 6.07) is 0. The van der Waals surface area contributed by atoms with Crippen LogP contribution in [0.2, 0.25) is 58.9 Å². The van der Waals surface area contributed by atoms with Gasteiger partial charge in [-0.3, -0.25) is 0 Å². The molecule has 0 fully saturated rings. The summed E-state index contributed by atoms with van der Waals surface area (Å²) in [5.41, 5.74) is 0. The lowest BCUT2D eigenvalue weighted by molar-refractivity contribution is 0.136. The number of ether oxygens (including phenoxy) is 1. The lowest BCUT2D eigenvalue weighted by atomic mass is 10.3. The van der Waals surface area contributed by atoms with Gasteiger partial charge in [-0.05, 0) is 71.8 Å². The molecule has 0 amide bonds. The maximum absolute atomic E-state index is 8.84. The van der Waals surface area contributed by atoms with Gasteiger partial charge in [-0.15, -0.1) is 0 Å². The Hall–Kier alpha value is 0.668. The highest BCUT2D eigenvalue weighted by atomic mass is 28.5. The van der Waals surface area contributed by atoms with Crippen molar-refractivity contribution in [1.29, 1.82) is 0 Å². The van der Waals surface area contributed by atoms with Crippen LogP contribution in [0.4, 0.5) is 0 Å². The van der Waals surface area contributed by atoms with E-state index in [2.05, 4.69) is 58.9 Å². The average Bonchev–Trinajstić information content (AvgIpc) is 2.20. The van der Waals surface area contributed by atoms with E-state index in [1.54, 1.807) is 0 Å². The van der Waals surface area contributed by atoms with E-state index in [1.807, 2.05) is 0 Å². The van der Waals surface area contributed by atoms with E-state index in [-0.39, 0.29) is 6.61 Å². The zero-order valence-electron chi connectivity index (χ0n) is 16.6. The first-order valence-electron chi connectivity index (χ1n) is 8.47. The molecule has 0 heterocycles. The second-order valence-corrected chi connectivity index (χ2v) is 24.8. The SMILES string of the molecule is C[Si](C)(C)O[Si](C)(C)O[Si](C)(COCCCCO)O[Si](C)(C)C. The summed E-state index contributed by atoms with van der Waals surface area (Å²) in [6.45, 7) is 20.3. The molecule has 23 heavy (non-hydrogen) atoms. The molecule has 1 atom stereocenters. The van der Waals surface area contributed by atoms with Crippen molar-refractivity contribution in [3.8, 4) is 0 Å². The zero-order valence-corrected chi connectivity index (χ0v) is 20.6. The minimum Gasteiger partial charge on any atom is -0.437 e. The molecule has 0 spiro atoms. The zero-order chi connectivity index (χ0) is 18.4. The Kier molecular flexibility index (Phi) is 9.66. The lowest BCUT2D eigenvalue weighted by Crippen LogP contribution is -2.59. The van der Waals surface area contributed by atoms with Crippen molar-refractivity contribution in [3.63, 3.8) is 0 Å². The van der Waals surface area contributed by atoms with Crippen molar-refractivity contribution >= 4 is 33.8 Å². The van der Waals surface area contributed by atoms with Gasteiger partial charge in [0.1, 0.15) is 0 Å². The molecule has 0 saturated carbocycles. The number of rotatable bonds is 12. The molecule has 0 bridgehead atoms. The van der Waals surface area contributed by atoms with Gasteiger partial charge < -0.3 is 22.2 Å². The summed E-state index contributed by atoms with van der Waals surface area (Å²) in [4.78, 5) is 0. The standard InChI is InChI=1S/C14H38O5Si4/c1-20(2,3)17-22(7,8)19-23(9,18-21(4,5)6)14-16-13-11-10-12-15/h15H,10-14H2,1-9H3. The molecule has 0 aromatic rings. The fourth-order valence-electron chi connectivity index (χ4n) is 2.58. The minimum atomic E-state index is -2.44. The van der Waals surface area contributed by atoms with Crippen LogP contribution in [0, 0.1) is 0 Å². The molecule has 0 rings (SSSR count). The minimum absolute atomic E-state index is 0.212. The van der Waals surface area contributed by atoms with E-state index in [4.69, 9.17) is 22.2 Å². The monoisotopic (exact) mass is 398 g/mol. The third-order valence-corrected chi connectivity index (χ3v) is 15.6. The first-order chi connectivity index (χ1) is 10.2. The molecular formula is C14H38O5Si4. The Balaban J connectivity index is 4.84. The average molecular weight is 399 g/mol. The van der Waals surface area contributed by atoms with E-state index in [0.717, 1.165) is 12.8 Å². The van der Waals surface area contributed by atoms with Gasteiger partial charge in [0.25, 0.3) is 0 Å². The van der Waals surface area contributed by atoms with Crippen molar-refractivity contribution in [2.24, 2.45) is 0 Å². The van der Waals surface area contributed by atoms with Gasteiger partial charge in [-0.25, -0.2) is 0 Å². The Labute approximate surface area is 147 Å². The predicted octanol–water partition coefficient (Wildman–Crippen LogP) is 3.81. The smallest absolute Gasteiger partial charge is 0.342 e. The number of unbranched alkanes of at least 4 members (excludes halogenated alkanes) is 1. The van der Waals surface area contributed by atoms with Crippen molar-refractivity contribution in [3.05, 3.63) is 0 Å². The number of aliphatic hydroxyl groups is 1. The fraction of sp³-hybridized carbons (Fsp3) is 1.00. The Morgan fingerprint density at radius 3 is 1.65 bits per heavy atom. The molecule has 1 N–H and O–H groups in total. The van der Waals surface area contributed by atoms with E-state index >= 15 is 0 Å². The van der Waals surface area contributed by atoms with Gasteiger partial charge in [-0.2, -0.15) is 0 Å². The summed E-state index contributed by atoms with van der Waals surface area (Å²) in [5.74, 6) is 0. The van der Waals surface area contributed by atoms with Gasteiger partial charge in [0.05, 0.1) is 6.23 Å². The summed E-state index contributed by atoms with van der Waals surface area (Å²) >= 11 is 0. The first kappa shape index (κ1) is 23.7. The quantitative estimate of drug-likeness (QED) is 0.400. The topological polar surface area (TPSA) is 57.2 Å². The van der Waals surface area contributed by atoms with Crippen LogP contribution in [-0.2, 0) is 17.1 Å². The Morgan fingerprint density at radius 1 is 0.696 bits per heavy atom. The van der Waals surface area contributed by atoms with Crippen LogP contribution in [0.1, 0.15) is 12.8 Å². The maximum atomic E-state index is 8.84. The summed E-state index contributed by atoms with van der Waals surface area (Å²) in [6.07, 6.45) is 2.15. The van der Waals surface area contributed by atoms with Crippen LogP contribution < -0.4 is 0 Å². The van der Waals surface area contributed by atoms with Crippen LogP contribution in [0.25, 0.3) is 0 Å². The summed E-state index contributed by atoms with van der Waals surface area (Å²) in [7, 11) is -8.08. The molecule has 0 aromatic carbocycles. The van der Waals surface area contributed by atoms with Crippen molar-refractivity contribution < 1.29 is 22.2 Å². The lowest BCUT2D eigenvalue weighted by Gasteiger charge is -2.41. The number of hydrogen-bond donors (Lipinski definition) is 1. The largest absolute Gasteiger partial charge is 0.437 e. The highest BCUT2D eigenvalue weighted by Gasteiger charge is 2.44. The van der Waals surface area contributed by atoms with Crippen molar-refractivity contribution in [1.82, 2.24) is 0 Å². The number of hydrogen-bond acceptors (Lipinski definition) is 5. The van der Waals surface area contributed by atoms with E-state index in [0.29, 0.717) is 12.8 Å². The summed E-state index contributed by atoms with van der Waals surface area (Å²) < 4.78 is 25.1. The Morgan fingerprint density at radius 2 is 1.22 bits per heavy atom. The van der Waals surface area contributed by atoms with Crippen LogP contribution >= 0.6 is 0 Å². The van der Waals surface area contributed by atoms with Gasteiger partial charge >= 0.3 is 17.1 Å². The van der Waals surface area contributed by atoms with Gasteiger partial charge in [-0.1, -0.05) is 0 Å². The van der Waals surface area contributed by atoms with Gasteiger partial charge in [0, 0.05) is 13.2 Å². The second-order valence-electron chi connectivity index (χ2n) is 8.55. The van der Waals surface area contributed by atoms with E-state index < -0.39 is 33.8 Å². The molecule has 0 radical (unpaired) electrons.